The molecule has 0 fully saturated rings. The van der Waals surface area contributed by atoms with E-state index in [0.717, 1.165) is 18.8 Å². The number of rotatable bonds is 3. The Morgan fingerprint density at radius 2 is 1.93 bits per heavy atom. The molecule has 0 saturated heterocycles. The zero-order chi connectivity index (χ0) is 19.3. The molecule has 0 amide bonds. The number of H-pyrrole nitrogens is 1. The van der Waals surface area contributed by atoms with Gasteiger partial charge in [0, 0.05) is 40.5 Å². The van der Waals surface area contributed by atoms with E-state index in [2.05, 4.69) is 65.6 Å². The van der Waals surface area contributed by atoms with Gasteiger partial charge in [-0.1, -0.05) is 11.6 Å². The summed E-state index contributed by atoms with van der Waals surface area (Å²) in [4.78, 5) is 7.55. The largest absolute Gasteiger partial charge is 0.497 e. The summed E-state index contributed by atoms with van der Waals surface area (Å²) < 4.78 is 5.33. The Balaban J connectivity index is 1.63. The van der Waals surface area contributed by atoms with E-state index >= 15 is 0 Å². The van der Waals surface area contributed by atoms with E-state index in [0.29, 0.717) is 5.92 Å². The maximum Gasteiger partial charge on any atom is 0.118 e. The molecule has 5 rings (SSSR count). The lowest BCUT2D eigenvalue weighted by atomic mass is 9.88. The SMILES string of the molecule is COc1ccc(-c2sccc2C2CN(C)Cc3c2[nH]c2ccc(C)cc32)cc1. The number of nitrogens with zero attached hydrogens (tertiary/aromatic N) is 1. The molecule has 3 heterocycles. The summed E-state index contributed by atoms with van der Waals surface area (Å²) in [7, 11) is 3.94. The van der Waals surface area contributed by atoms with Crippen LogP contribution in [0.5, 0.6) is 5.75 Å². The average molecular weight is 389 g/mol. The summed E-state index contributed by atoms with van der Waals surface area (Å²) in [5.74, 6) is 1.25. The molecule has 4 aromatic rings. The van der Waals surface area contributed by atoms with E-state index in [1.807, 2.05) is 23.5 Å². The molecule has 0 aliphatic carbocycles. The van der Waals surface area contributed by atoms with Crippen LogP contribution in [0.4, 0.5) is 0 Å². The van der Waals surface area contributed by atoms with Crippen LogP contribution in [-0.4, -0.2) is 30.6 Å². The molecule has 0 bridgehead atoms. The monoisotopic (exact) mass is 388 g/mol. The van der Waals surface area contributed by atoms with Crippen molar-refractivity contribution in [2.45, 2.75) is 19.4 Å². The molecule has 4 heteroatoms. The summed E-state index contributed by atoms with van der Waals surface area (Å²) >= 11 is 1.82. The predicted octanol–water partition coefficient (Wildman–Crippen LogP) is 5.79. The van der Waals surface area contributed by atoms with Crippen LogP contribution < -0.4 is 4.74 Å². The van der Waals surface area contributed by atoms with Crippen molar-refractivity contribution < 1.29 is 4.74 Å². The van der Waals surface area contributed by atoms with Gasteiger partial charge in [-0.3, -0.25) is 0 Å². The van der Waals surface area contributed by atoms with Gasteiger partial charge in [-0.25, -0.2) is 0 Å². The molecular formula is C24H24N2OS. The molecule has 0 spiro atoms. The zero-order valence-corrected chi connectivity index (χ0v) is 17.3. The Labute approximate surface area is 169 Å². The third-order valence-electron chi connectivity index (χ3n) is 5.79. The van der Waals surface area contributed by atoms with Gasteiger partial charge < -0.3 is 14.6 Å². The van der Waals surface area contributed by atoms with E-state index in [-0.39, 0.29) is 0 Å². The van der Waals surface area contributed by atoms with Crippen LogP contribution in [0.1, 0.15) is 28.3 Å². The number of ether oxygens (including phenoxy) is 1. The van der Waals surface area contributed by atoms with E-state index in [1.165, 1.54) is 43.7 Å². The number of benzene rings is 2. The molecule has 0 radical (unpaired) electrons. The van der Waals surface area contributed by atoms with Gasteiger partial charge in [-0.05, 0) is 78.5 Å². The summed E-state index contributed by atoms with van der Waals surface area (Å²) in [5, 5.41) is 3.59. The molecule has 2 aromatic carbocycles. The highest BCUT2D eigenvalue weighted by atomic mass is 32.1. The first-order valence-electron chi connectivity index (χ1n) is 9.65. The minimum Gasteiger partial charge on any atom is -0.497 e. The van der Waals surface area contributed by atoms with Gasteiger partial charge in [-0.2, -0.15) is 0 Å². The lowest BCUT2D eigenvalue weighted by Gasteiger charge is -2.30. The average Bonchev–Trinajstić information content (AvgIpc) is 3.32. The first kappa shape index (κ1) is 17.5. The molecule has 1 N–H and O–H groups in total. The molecular weight excluding hydrogens is 364 g/mol. The van der Waals surface area contributed by atoms with Crippen molar-refractivity contribution in [3.05, 3.63) is 76.3 Å². The summed E-state index contributed by atoms with van der Waals surface area (Å²) in [5.41, 5.74) is 8.06. The maximum atomic E-state index is 5.33. The maximum absolute atomic E-state index is 5.33. The summed E-state index contributed by atoms with van der Waals surface area (Å²) in [6.07, 6.45) is 0. The van der Waals surface area contributed by atoms with Gasteiger partial charge in [0.2, 0.25) is 0 Å². The second kappa shape index (κ2) is 6.80. The number of fused-ring (bicyclic) bond motifs is 3. The Hall–Kier alpha value is -2.56. The fourth-order valence-corrected chi connectivity index (χ4v) is 5.38. The van der Waals surface area contributed by atoms with Crippen LogP contribution in [0.2, 0.25) is 0 Å². The Morgan fingerprint density at radius 3 is 2.71 bits per heavy atom. The lowest BCUT2D eigenvalue weighted by Crippen LogP contribution is -2.30. The molecule has 1 unspecified atom stereocenters. The molecule has 1 atom stereocenters. The zero-order valence-electron chi connectivity index (χ0n) is 16.5. The normalized spacial score (nSPS) is 17.0. The number of nitrogens with one attached hydrogen (secondary N) is 1. The smallest absolute Gasteiger partial charge is 0.118 e. The third kappa shape index (κ3) is 2.84. The van der Waals surface area contributed by atoms with E-state index in [4.69, 9.17) is 4.74 Å². The van der Waals surface area contributed by atoms with Crippen molar-refractivity contribution in [3.8, 4) is 16.2 Å². The first-order chi connectivity index (χ1) is 13.6. The van der Waals surface area contributed by atoms with Crippen LogP contribution in [0.15, 0.2) is 53.9 Å². The Morgan fingerprint density at radius 1 is 1.11 bits per heavy atom. The highest BCUT2D eigenvalue weighted by Gasteiger charge is 2.30. The number of thiophene rings is 1. The molecule has 1 aliphatic rings. The highest BCUT2D eigenvalue weighted by molar-refractivity contribution is 7.13. The van der Waals surface area contributed by atoms with Crippen molar-refractivity contribution in [2.24, 2.45) is 0 Å². The second-order valence-electron chi connectivity index (χ2n) is 7.75. The van der Waals surface area contributed by atoms with E-state index < -0.39 is 0 Å². The van der Waals surface area contributed by atoms with Gasteiger partial charge in [0.05, 0.1) is 7.11 Å². The van der Waals surface area contributed by atoms with Crippen LogP contribution in [0.3, 0.4) is 0 Å². The summed E-state index contributed by atoms with van der Waals surface area (Å²) in [6, 6.07) is 17.4. The van der Waals surface area contributed by atoms with Gasteiger partial charge >= 0.3 is 0 Å². The van der Waals surface area contributed by atoms with Gasteiger partial charge in [0.25, 0.3) is 0 Å². The lowest BCUT2D eigenvalue weighted by molar-refractivity contribution is 0.295. The minimum atomic E-state index is 0.352. The fraction of sp³-hybridized carbons (Fsp3) is 0.250. The molecule has 0 saturated carbocycles. The standard InChI is InChI=1S/C24H24N2OS/c1-15-4-9-22-19(12-15)21-14-26(2)13-20(23(21)25-22)18-10-11-28-24(18)16-5-7-17(27-3)8-6-16/h4-12,20,25H,13-14H2,1-3H3. The molecule has 2 aromatic heterocycles. The number of hydrogen-bond acceptors (Lipinski definition) is 3. The number of methoxy groups -OCH3 is 1. The van der Waals surface area contributed by atoms with Crippen molar-refractivity contribution in [3.63, 3.8) is 0 Å². The number of aromatic amines is 1. The van der Waals surface area contributed by atoms with Crippen molar-refractivity contribution in [2.75, 3.05) is 20.7 Å². The number of aryl methyl sites for hydroxylation is 1. The molecule has 28 heavy (non-hydrogen) atoms. The highest BCUT2D eigenvalue weighted by Crippen LogP contribution is 2.42. The Kier molecular flexibility index (Phi) is 4.26. The second-order valence-corrected chi connectivity index (χ2v) is 8.67. The van der Waals surface area contributed by atoms with Crippen LogP contribution in [0.25, 0.3) is 21.3 Å². The van der Waals surface area contributed by atoms with Crippen LogP contribution in [-0.2, 0) is 6.54 Å². The fourth-order valence-electron chi connectivity index (χ4n) is 4.41. The van der Waals surface area contributed by atoms with E-state index in [1.54, 1.807) is 7.11 Å². The Bertz CT molecular complexity index is 1140. The van der Waals surface area contributed by atoms with Crippen molar-refractivity contribution in [1.82, 2.24) is 9.88 Å². The topological polar surface area (TPSA) is 28.3 Å². The first-order valence-corrected chi connectivity index (χ1v) is 10.5. The number of aromatic nitrogens is 1. The molecule has 1 aliphatic heterocycles. The van der Waals surface area contributed by atoms with Gasteiger partial charge in [-0.15, -0.1) is 11.3 Å². The van der Waals surface area contributed by atoms with Crippen LogP contribution >= 0.6 is 11.3 Å². The third-order valence-corrected chi connectivity index (χ3v) is 6.77. The minimum absolute atomic E-state index is 0.352. The molecule has 142 valence electrons. The van der Waals surface area contributed by atoms with Gasteiger partial charge in [0.15, 0.2) is 0 Å². The van der Waals surface area contributed by atoms with E-state index in [9.17, 15) is 0 Å². The number of hydrogen-bond donors (Lipinski definition) is 1. The molecule has 3 nitrogen and oxygen atoms in total. The van der Waals surface area contributed by atoms with Gasteiger partial charge in [0.1, 0.15) is 5.75 Å². The summed E-state index contributed by atoms with van der Waals surface area (Å²) in [6.45, 7) is 4.19. The number of likely N-dealkylation sites (N-methyl/N-ethyl adjacent to an activating group) is 1. The van der Waals surface area contributed by atoms with Crippen molar-refractivity contribution >= 4 is 22.2 Å². The van der Waals surface area contributed by atoms with Crippen molar-refractivity contribution in [1.29, 1.82) is 0 Å². The van der Waals surface area contributed by atoms with Crippen LogP contribution in [0, 0.1) is 6.92 Å². The predicted molar refractivity (Wildman–Crippen MR) is 118 cm³/mol. The quantitative estimate of drug-likeness (QED) is 0.481.